The summed E-state index contributed by atoms with van der Waals surface area (Å²) >= 11 is 18.4. The fourth-order valence-corrected chi connectivity index (χ4v) is 2.97. The molecule has 0 aliphatic carbocycles. The molecule has 7 heteroatoms. The van der Waals surface area contributed by atoms with E-state index in [0.717, 1.165) is 8.95 Å². The second-order valence-electron chi connectivity index (χ2n) is 4.04. The largest absolute Gasteiger partial charge is 0.483 e. The van der Waals surface area contributed by atoms with E-state index in [1.165, 1.54) is 0 Å². The van der Waals surface area contributed by atoms with Crippen molar-refractivity contribution in [1.82, 2.24) is 0 Å². The van der Waals surface area contributed by atoms with Gasteiger partial charge in [0.25, 0.3) is 5.91 Å². The maximum Gasteiger partial charge on any atom is 0.262 e. The average molecular weight is 454 g/mol. The minimum Gasteiger partial charge on any atom is -0.483 e. The number of carbonyl (C=O) groups excluding carboxylic acids is 1. The molecule has 110 valence electrons. The molecular weight excluding hydrogens is 445 g/mol. The van der Waals surface area contributed by atoms with E-state index in [1.807, 2.05) is 12.1 Å². The minimum absolute atomic E-state index is 0.111. The molecule has 1 amide bonds. The summed E-state index contributed by atoms with van der Waals surface area (Å²) in [4.78, 5) is 11.8. The molecule has 0 aliphatic rings. The third kappa shape index (κ3) is 4.88. The third-order valence-corrected chi connectivity index (χ3v) is 4.31. The molecule has 3 nitrogen and oxygen atoms in total. The van der Waals surface area contributed by atoms with Crippen molar-refractivity contribution in [2.24, 2.45) is 0 Å². The third-order valence-electron chi connectivity index (χ3n) is 2.46. The lowest BCUT2D eigenvalue weighted by Crippen LogP contribution is -2.20. The van der Waals surface area contributed by atoms with Crippen molar-refractivity contribution in [3.8, 4) is 5.75 Å². The number of anilines is 1. The van der Waals surface area contributed by atoms with Gasteiger partial charge in [0, 0.05) is 10.2 Å². The number of hydrogen-bond donors (Lipinski definition) is 1. The molecule has 0 fully saturated rings. The number of ether oxygens (including phenoxy) is 1. The topological polar surface area (TPSA) is 38.3 Å². The van der Waals surface area contributed by atoms with E-state index in [1.54, 1.807) is 24.3 Å². The van der Waals surface area contributed by atoms with Crippen molar-refractivity contribution in [3.63, 3.8) is 0 Å². The van der Waals surface area contributed by atoms with E-state index in [9.17, 15) is 4.79 Å². The second kappa shape index (κ2) is 7.49. The number of halogens is 4. The van der Waals surface area contributed by atoms with Crippen LogP contribution in [0, 0.1) is 0 Å². The smallest absolute Gasteiger partial charge is 0.262 e. The highest BCUT2D eigenvalue weighted by molar-refractivity contribution is 9.11. The molecule has 2 aromatic carbocycles. The summed E-state index contributed by atoms with van der Waals surface area (Å²) < 4.78 is 7.12. The molecule has 0 unspecified atom stereocenters. The first-order valence-corrected chi connectivity index (χ1v) is 8.12. The molecule has 0 atom stereocenters. The van der Waals surface area contributed by atoms with Crippen LogP contribution in [0.5, 0.6) is 5.75 Å². The SMILES string of the molecule is O=C(COc1ccc(Br)cc1Br)Nc1ccc(Cl)c(Cl)c1. The number of amides is 1. The number of benzene rings is 2. The zero-order valence-electron chi connectivity index (χ0n) is 10.5. The van der Waals surface area contributed by atoms with Crippen LogP contribution in [0.25, 0.3) is 0 Å². The zero-order valence-corrected chi connectivity index (χ0v) is 15.2. The fourth-order valence-electron chi connectivity index (χ4n) is 1.51. The molecule has 2 rings (SSSR count). The Morgan fingerprint density at radius 3 is 2.52 bits per heavy atom. The number of hydrogen-bond acceptors (Lipinski definition) is 2. The van der Waals surface area contributed by atoms with Gasteiger partial charge in [0.2, 0.25) is 0 Å². The van der Waals surface area contributed by atoms with Gasteiger partial charge in [-0.2, -0.15) is 0 Å². The number of rotatable bonds is 4. The Bertz CT molecular complexity index is 680. The Balaban J connectivity index is 1.94. The molecule has 0 saturated heterocycles. The molecule has 0 heterocycles. The van der Waals surface area contributed by atoms with E-state index >= 15 is 0 Å². The molecular formula is C14H9Br2Cl2NO2. The van der Waals surface area contributed by atoms with Crippen LogP contribution in [0.1, 0.15) is 0 Å². The highest BCUT2D eigenvalue weighted by Crippen LogP contribution is 2.28. The molecule has 0 aromatic heterocycles. The van der Waals surface area contributed by atoms with Crippen molar-refractivity contribution < 1.29 is 9.53 Å². The molecule has 0 spiro atoms. The summed E-state index contributed by atoms with van der Waals surface area (Å²) in [5.41, 5.74) is 0.563. The average Bonchev–Trinajstić information content (AvgIpc) is 2.42. The summed E-state index contributed by atoms with van der Waals surface area (Å²) in [6, 6.07) is 10.3. The number of carbonyl (C=O) groups is 1. The Labute approximate surface area is 148 Å². The van der Waals surface area contributed by atoms with Gasteiger partial charge in [0.05, 0.1) is 14.5 Å². The van der Waals surface area contributed by atoms with Crippen LogP contribution in [-0.2, 0) is 4.79 Å². The van der Waals surface area contributed by atoms with Gasteiger partial charge < -0.3 is 10.1 Å². The van der Waals surface area contributed by atoms with Crippen LogP contribution in [0.3, 0.4) is 0 Å². The molecule has 21 heavy (non-hydrogen) atoms. The van der Waals surface area contributed by atoms with Crippen LogP contribution in [0.15, 0.2) is 45.3 Å². The standard InChI is InChI=1S/C14H9Br2Cl2NO2/c15-8-1-4-13(10(16)5-8)21-7-14(20)19-9-2-3-11(17)12(18)6-9/h1-6H,7H2,(H,19,20). The van der Waals surface area contributed by atoms with Gasteiger partial charge in [-0.3, -0.25) is 4.79 Å². The van der Waals surface area contributed by atoms with Crippen molar-refractivity contribution in [2.75, 3.05) is 11.9 Å². The van der Waals surface area contributed by atoms with E-state index in [2.05, 4.69) is 37.2 Å². The van der Waals surface area contributed by atoms with Gasteiger partial charge in [0.15, 0.2) is 6.61 Å². The molecule has 0 bridgehead atoms. The van der Waals surface area contributed by atoms with Gasteiger partial charge in [-0.15, -0.1) is 0 Å². The predicted molar refractivity (Wildman–Crippen MR) is 92.4 cm³/mol. The van der Waals surface area contributed by atoms with Gasteiger partial charge in [-0.05, 0) is 52.3 Å². The molecule has 1 N–H and O–H groups in total. The summed E-state index contributed by atoms with van der Waals surface area (Å²) in [6.07, 6.45) is 0. The van der Waals surface area contributed by atoms with E-state index in [4.69, 9.17) is 27.9 Å². The van der Waals surface area contributed by atoms with Gasteiger partial charge in [-0.25, -0.2) is 0 Å². The first kappa shape index (κ1) is 16.6. The van der Waals surface area contributed by atoms with Crippen LogP contribution >= 0.6 is 55.1 Å². The molecule has 0 saturated carbocycles. The van der Waals surface area contributed by atoms with E-state index in [-0.39, 0.29) is 12.5 Å². The summed E-state index contributed by atoms with van der Waals surface area (Å²) in [6.45, 7) is -0.111. The second-order valence-corrected chi connectivity index (χ2v) is 6.62. The zero-order chi connectivity index (χ0) is 15.4. The van der Waals surface area contributed by atoms with Gasteiger partial charge in [0.1, 0.15) is 5.75 Å². The van der Waals surface area contributed by atoms with E-state index in [0.29, 0.717) is 21.5 Å². The Kier molecular flexibility index (Phi) is 5.93. The number of nitrogens with one attached hydrogen (secondary N) is 1. The minimum atomic E-state index is -0.289. The summed E-state index contributed by atoms with van der Waals surface area (Å²) in [5.74, 6) is 0.297. The Hall–Kier alpha value is -0.750. The van der Waals surface area contributed by atoms with Crippen molar-refractivity contribution in [1.29, 1.82) is 0 Å². The lowest BCUT2D eigenvalue weighted by atomic mass is 10.3. The maximum atomic E-state index is 11.8. The Morgan fingerprint density at radius 2 is 1.86 bits per heavy atom. The van der Waals surface area contributed by atoms with Crippen molar-refractivity contribution >= 4 is 66.7 Å². The predicted octanol–water partition coefficient (Wildman–Crippen LogP) is 5.54. The van der Waals surface area contributed by atoms with Crippen LogP contribution in [-0.4, -0.2) is 12.5 Å². The fraction of sp³-hybridized carbons (Fsp3) is 0.0714. The first-order chi connectivity index (χ1) is 9.95. The quantitative estimate of drug-likeness (QED) is 0.660. The summed E-state index contributed by atoms with van der Waals surface area (Å²) in [5, 5.41) is 3.49. The van der Waals surface area contributed by atoms with Crippen LogP contribution in [0.2, 0.25) is 10.0 Å². The lowest BCUT2D eigenvalue weighted by Gasteiger charge is -2.09. The maximum absolute atomic E-state index is 11.8. The normalized spacial score (nSPS) is 10.3. The Morgan fingerprint density at radius 1 is 1.10 bits per heavy atom. The first-order valence-electron chi connectivity index (χ1n) is 5.78. The van der Waals surface area contributed by atoms with Gasteiger partial charge in [-0.1, -0.05) is 39.1 Å². The van der Waals surface area contributed by atoms with Crippen molar-refractivity contribution in [2.45, 2.75) is 0 Å². The van der Waals surface area contributed by atoms with Crippen molar-refractivity contribution in [3.05, 3.63) is 55.4 Å². The highest BCUT2D eigenvalue weighted by Gasteiger charge is 2.07. The lowest BCUT2D eigenvalue weighted by molar-refractivity contribution is -0.118. The monoisotopic (exact) mass is 451 g/mol. The molecule has 2 aromatic rings. The molecule has 0 radical (unpaired) electrons. The van der Waals surface area contributed by atoms with E-state index < -0.39 is 0 Å². The molecule has 0 aliphatic heterocycles. The highest BCUT2D eigenvalue weighted by atomic mass is 79.9. The van der Waals surface area contributed by atoms with Gasteiger partial charge >= 0.3 is 0 Å². The summed E-state index contributed by atoms with van der Waals surface area (Å²) in [7, 11) is 0. The van der Waals surface area contributed by atoms with Crippen LogP contribution in [0.4, 0.5) is 5.69 Å². The van der Waals surface area contributed by atoms with Crippen LogP contribution < -0.4 is 10.1 Å².